The SMILES string of the molecule is CC(=O)O[C@H](CC(=O)OC(=O)C(O)C(O)C(=O)OC(=O)C[C@H](C[N+](C)(C)C)OC(C)=O)C[N+](C)(C)C. The summed E-state index contributed by atoms with van der Waals surface area (Å²) in [5, 5.41) is 19.8. The topological polar surface area (TPSA) is 180 Å². The van der Waals surface area contributed by atoms with Gasteiger partial charge in [-0.3, -0.25) is 19.2 Å². The van der Waals surface area contributed by atoms with Crippen molar-refractivity contribution in [1.82, 2.24) is 0 Å². The molecule has 0 spiro atoms. The highest BCUT2D eigenvalue weighted by Gasteiger charge is 2.37. The molecule has 206 valence electrons. The molecule has 0 radical (unpaired) electrons. The van der Waals surface area contributed by atoms with Gasteiger partial charge in [0.25, 0.3) is 0 Å². The van der Waals surface area contributed by atoms with Gasteiger partial charge in [0.05, 0.1) is 55.1 Å². The zero-order valence-electron chi connectivity index (χ0n) is 22.0. The molecule has 0 aromatic carbocycles. The number of hydrogen-bond acceptors (Lipinski definition) is 12. The maximum atomic E-state index is 12.1. The quantitative estimate of drug-likeness (QED) is 0.117. The van der Waals surface area contributed by atoms with Crippen molar-refractivity contribution in [3.05, 3.63) is 0 Å². The van der Waals surface area contributed by atoms with Crippen LogP contribution in [0, 0.1) is 0 Å². The van der Waals surface area contributed by atoms with Crippen LogP contribution in [-0.4, -0.2) is 135 Å². The number of carbonyl (C=O) groups excluding carboxylic acids is 6. The first kappa shape index (κ1) is 33.1. The third kappa shape index (κ3) is 15.1. The van der Waals surface area contributed by atoms with Crippen molar-refractivity contribution in [2.75, 3.05) is 55.4 Å². The Labute approximate surface area is 209 Å². The molecule has 0 saturated carbocycles. The van der Waals surface area contributed by atoms with Crippen LogP contribution < -0.4 is 0 Å². The Morgan fingerprint density at radius 3 is 1.11 bits per heavy atom. The van der Waals surface area contributed by atoms with Crippen molar-refractivity contribution in [3.63, 3.8) is 0 Å². The molecule has 14 heteroatoms. The van der Waals surface area contributed by atoms with Crippen LogP contribution in [0.25, 0.3) is 0 Å². The first-order valence-electron chi connectivity index (χ1n) is 11.0. The van der Waals surface area contributed by atoms with E-state index in [1.54, 1.807) is 42.3 Å². The summed E-state index contributed by atoms with van der Waals surface area (Å²) in [6, 6.07) is 0. The Balaban J connectivity index is 5.00. The number of hydrogen-bond donors (Lipinski definition) is 2. The van der Waals surface area contributed by atoms with E-state index >= 15 is 0 Å². The molecule has 14 nitrogen and oxygen atoms in total. The summed E-state index contributed by atoms with van der Waals surface area (Å²) in [6.45, 7) is 2.68. The highest BCUT2D eigenvalue weighted by molar-refractivity contribution is 5.94. The van der Waals surface area contributed by atoms with Gasteiger partial charge in [0.15, 0.2) is 24.4 Å². The minimum atomic E-state index is -2.55. The minimum Gasteiger partial charge on any atom is -0.456 e. The van der Waals surface area contributed by atoms with E-state index in [1.807, 2.05) is 0 Å². The molecule has 0 amide bonds. The molecule has 0 aliphatic heterocycles. The summed E-state index contributed by atoms with van der Waals surface area (Å²) >= 11 is 0. The molecule has 0 aromatic rings. The van der Waals surface area contributed by atoms with Crippen LogP contribution in [0.4, 0.5) is 0 Å². The molecule has 0 heterocycles. The molecular weight excluding hydrogens is 484 g/mol. The molecule has 0 rings (SSSR count). The summed E-state index contributed by atoms with van der Waals surface area (Å²) in [7, 11) is 10.6. The van der Waals surface area contributed by atoms with Gasteiger partial charge in [-0.05, 0) is 0 Å². The highest BCUT2D eigenvalue weighted by atomic mass is 16.6. The van der Waals surface area contributed by atoms with Gasteiger partial charge in [-0.2, -0.15) is 0 Å². The predicted octanol–water partition coefficient (Wildman–Crippen LogP) is -2.10. The summed E-state index contributed by atoms with van der Waals surface area (Å²) in [5.74, 6) is -7.03. The molecular formula is C22H38N2O12+2. The lowest BCUT2D eigenvalue weighted by Crippen LogP contribution is -2.46. The zero-order chi connectivity index (χ0) is 28.4. The van der Waals surface area contributed by atoms with Crippen LogP contribution in [0.2, 0.25) is 0 Å². The van der Waals surface area contributed by atoms with Crippen molar-refractivity contribution in [2.45, 2.75) is 51.1 Å². The number of carbonyl (C=O) groups is 6. The van der Waals surface area contributed by atoms with Gasteiger partial charge in [-0.25, -0.2) is 9.59 Å². The van der Waals surface area contributed by atoms with Gasteiger partial charge < -0.3 is 38.1 Å². The van der Waals surface area contributed by atoms with Gasteiger partial charge in [0.1, 0.15) is 13.1 Å². The van der Waals surface area contributed by atoms with Crippen LogP contribution in [0.15, 0.2) is 0 Å². The van der Waals surface area contributed by atoms with Crippen LogP contribution in [-0.2, 0) is 47.7 Å². The van der Waals surface area contributed by atoms with E-state index in [1.165, 1.54) is 0 Å². The van der Waals surface area contributed by atoms with Crippen molar-refractivity contribution in [1.29, 1.82) is 0 Å². The van der Waals surface area contributed by atoms with Gasteiger partial charge in [-0.1, -0.05) is 0 Å². The molecule has 0 saturated heterocycles. The molecule has 0 aliphatic rings. The molecule has 2 N–H and O–H groups in total. The number of aliphatic hydroxyl groups excluding tert-OH is 2. The summed E-state index contributed by atoms with van der Waals surface area (Å²) in [4.78, 5) is 70.7. The van der Waals surface area contributed by atoms with Crippen LogP contribution >= 0.6 is 0 Å². The Bertz CT molecular complexity index is 760. The number of rotatable bonds is 13. The van der Waals surface area contributed by atoms with E-state index in [0.717, 1.165) is 13.8 Å². The van der Waals surface area contributed by atoms with E-state index in [0.29, 0.717) is 8.97 Å². The number of likely N-dealkylation sites (N-methyl/N-ethyl adjacent to an activating group) is 2. The van der Waals surface area contributed by atoms with Crippen molar-refractivity contribution in [2.24, 2.45) is 0 Å². The lowest BCUT2D eigenvalue weighted by Gasteiger charge is -2.28. The monoisotopic (exact) mass is 522 g/mol. The zero-order valence-corrected chi connectivity index (χ0v) is 22.0. The molecule has 0 fully saturated rings. The van der Waals surface area contributed by atoms with Gasteiger partial charge in [0.2, 0.25) is 0 Å². The largest absolute Gasteiger partial charge is 0.456 e. The van der Waals surface area contributed by atoms with Gasteiger partial charge >= 0.3 is 35.8 Å². The van der Waals surface area contributed by atoms with Crippen molar-refractivity contribution >= 4 is 35.8 Å². The minimum absolute atomic E-state index is 0.199. The molecule has 2 unspecified atom stereocenters. The number of aliphatic hydroxyl groups is 2. The van der Waals surface area contributed by atoms with Gasteiger partial charge in [-0.15, -0.1) is 0 Å². The maximum Gasteiger partial charge on any atom is 0.346 e. The predicted molar refractivity (Wildman–Crippen MR) is 120 cm³/mol. The summed E-state index contributed by atoms with van der Waals surface area (Å²) in [5.41, 5.74) is 0. The van der Waals surface area contributed by atoms with E-state index in [-0.39, 0.29) is 13.1 Å². The molecule has 0 aliphatic carbocycles. The molecule has 4 atom stereocenters. The van der Waals surface area contributed by atoms with Crippen molar-refractivity contribution < 1.29 is 66.9 Å². The van der Waals surface area contributed by atoms with E-state index in [4.69, 9.17) is 9.47 Å². The standard InChI is InChI=1S/C22H38N2O12/c1-13(25)33-15(11-23(3,4)5)9-17(27)35-21(31)19(29)20(30)22(32)36-18(28)10-16(34-14(2)26)12-24(6,7)8/h15-16,19-20,29-30H,9-12H2,1-8H3/q+2/t15-,16-,19?,20?/m1/s1. The van der Waals surface area contributed by atoms with Crippen molar-refractivity contribution in [3.8, 4) is 0 Å². The second kappa shape index (κ2) is 14.0. The third-order valence-corrected chi connectivity index (χ3v) is 4.17. The first-order chi connectivity index (χ1) is 16.2. The summed E-state index contributed by atoms with van der Waals surface area (Å²) in [6.07, 6.45) is -8.04. The molecule has 36 heavy (non-hydrogen) atoms. The Kier molecular flexibility index (Phi) is 12.8. The number of esters is 6. The fraction of sp³-hybridized carbons (Fsp3) is 0.727. The fourth-order valence-corrected chi connectivity index (χ4v) is 3.04. The Hall–Kier alpha value is -2.94. The van der Waals surface area contributed by atoms with E-state index in [9.17, 15) is 39.0 Å². The molecule has 0 aromatic heterocycles. The number of nitrogens with zero attached hydrogens (tertiary/aromatic N) is 2. The van der Waals surface area contributed by atoms with E-state index in [2.05, 4.69) is 9.47 Å². The second-order valence-electron chi connectivity index (χ2n) is 10.3. The lowest BCUT2D eigenvalue weighted by molar-refractivity contribution is -0.873. The Morgan fingerprint density at radius 1 is 0.611 bits per heavy atom. The second-order valence-corrected chi connectivity index (χ2v) is 10.3. The first-order valence-corrected chi connectivity index (χ1v) is 11.0. The summed E-state index contributed by atoms with van der Waals surface area (Å²) < 4.78 is 19.6. The Morgan fingerprint density at radius 2 is 0.889 bits per heavy atom. The molecule has 0 bridgehead atoms. The maximum absolute atomic E-state index is 12.1. The number of ether oxygens (including phenoxy) is 4. The van der Waals surface area contributed by atoms with E-state index < -0.39 is 73.1 Å². The average molecular weight is 523 g/mol. The average Bonchev–Trinajstić information content (AvgIpc) is 2.62. The van der Waals surface area contributed by atoms with Crippen LogP contribution in [0.1, 0.15) is 26.7 Å². The van der Waals surface area contributed by atoms with Gasteiger partial charge in [0, 0.05) is 13.8 Å². The smallest absolute Gasteiger partial charge is 0.346 e. The normalized spacial score (nSPS) is 15.1. The van der Waals surface area contributed by atoms with Crippen LogP contribution in [0.3, 0.4) is 0 Å². The van der Waals surface area contributed by atoms with Crippen LogP contribution in [0.5, 0.6) is 0 Å². The number of quaternary nitrogens is 2. The lowest BCUT2D eigenvalue weighted by atomic mass is 10.2. The fourth-order valence-electron chi connectivity index (χ4n) is 3.04. The highest BCUT2D eigenvalue weighted by Crippen LogP contribution is 2.10. The third-order valence-electron chi connectivity index (χ3n) is 4.17.